The highest BCUT2D eigenvalue weighted by atomic mass is 16.5. The standard InChI is InChI=1S/C24H30N6O/c1-3-18-17-30(16-13-20(18)19-9-5-4-6-10-19)24(25-2)27-15-12-22-28-23(31-29-22)21-11-7-8-14-26-21/h4-11,14,18,20H,3,12-13,15-17H2,1-2H3,(H,25,27). The van der Waals surface area contributed by atoms with Gasteiger partial charge in [0.2, 0.25) is 0 Å². The highest BCUT2D eigenvalue weighted by Crippen LogP contribution is 2.34. The average molecular weight is 419 g/mol. The van der Waals surface area contributed by atoms with Crippen LogP contribution in [0.4, 0.5) is 0 Å². The van der Waals surface area contributed by atoms with Gasteiger partial charge in [0.25, 0.3) is 5.89 Å². The monoisotopic (exact) mass is 418 g/mol. The summed E-state index contributed by atoms with van der Waals surface area (Å²) in [7, 11) is 1.85. The Bertz CT molecular complexity index is 972. The topological polar surface area (TPSA) is 79.4 Å². The van der Waals surface area contributed by atoms with Crippen LogP contribution in [0.1, 0.15) is 37.1 Å². The summed E-state index contributed by atoms with van der Waals surface area (Å²) in [5.41, 5.74) is 2.15. The first-order valence-corrected chi connectivity index (χ1v) is 11.0. The molecule has 7 nitrogen and oxygen atoms in total. The average Bonchev–Trinajstić information content (AvgIpc) is 3.31. The Kier molecular flexibility index (Phi) is 6.92. The summed E-state index contributed by atoms with van der Waals surface area (Å²) in [5, 5.41) is 7.55. The highest BCUT2D eigenvalue weighted by Gasteiger charge is 2.30. The number of hydrogen-bond acceptors (Lipinski definition) is 5. The van der Waals surface area contributed by atoms with Crippen molar-refractivity contribution in [3.8, 4) is 11.6 Å². The van der Waals surface area contributed by atoms with E-state index in [-0.39, 0.29) is 0 Å². The molecule has 2 atom stereocenters. The van der Waals surface area contributed by atoms with Gasteiger partial charge >= 0.3 is 0 Å². The molecule has 1 aliphatic heterocycles. The molecule has 1 N–H and O–H groups in total. The van der Waals surface area contributed by atoms with Crippen molar-refractivity contribution < 1.29 is 4.52 Å². The lowest BCUT2D eigenvalue weighted by Gasteiger charge is -2.40. The number of likely N-dealkylation sites (tertiary alicyclic amines) is 1. The zero-order chi connectivity index (χ0) is 21.5. The minimum Gasteiger partial charge on any atom is -0.356 e. The molecule has 0 spiro atoms. The molecular formula is C24H30N6O. The normalized spacial score (nSPS) is 19.4. The smallest absolute Gasteiger partial charge is 0.276 e. The third-order valence-corrected chi connectivity index (χ3v) is 5.98. The van der Waals surface area contributed by atoms with E-state index in [0.717, 1.165) is 31.9 Å². The van der Waals surface area contributed by atoms with Crippen molar-refractivity contribution in [3.63, 3.8) is 0 Å². The van der Waals surface area contributed by atoms with Crippen molar-refractivity contribution >= 4 is 5.96 Å². The molecule has 0 radical (unpaired) electrons. The van der Waals surface area contributed by atoms with Gasteiger partial charge in [0.1, 0.15) is 5.69 Å². The Balaban J connectivity index is 1.31. The fraction of sp³-hybridized carbons (Fsp3) is 0.417. The molecule has 2 aromatic heterocycles. The van der Waals surface area contributed by atoms with E-state index < -0.39 is 0 Å². The Labute approximate surface area is 183 Å². The molecule has 4 rings (SSSR count). The van der Waals surface area contributed by atoms with E-state index in [2.05, 4.69) is 67.6 Å². The number of nitrogens with zero attached hydrogens (tertiary/aromatic N) is 5. The van der Waals surface area contributed by atoms with Crippen LogP contribution >= 0.6 is 0 Å². The van der Waals surface area contributed by atoms with Crippen LogP contribution in [0, 0.1) is 5.92 Å². The summed E-state index contributed by atoms with van der Waals surface area (Å²) in [6.45, 7) is 5.00. The fourth-order valence-corrected chi connectivity index (χ4v) is 4.34. The van der Waals surface area contributed by atoms with Crippen molar-refractivity contribution in [2.75, 3.05) is 26.7 Å². The lowest BCUT2D eigenvalue weighted by Crippen LogP contribution is -2.48. The van der Waals surface area contributed by atoms with E-state index in [0.29, 0.717) is 42.2 Å². The van der Waals surface area contributed by atoms with Crippen LogP contribution in [-0.4, -0.2) is 52.7 Å². The number of piperidine rings is 1. The second kappa shape index (κ2) is 10.2. The molecule has 31 heavy (non-hydrogen) atoms. The molecular weight excluding hydrogens is 388 g/mol. The van der Waals surface area contributed by atoms with E-state index in [1.165, 1.54) is 5.56 Å². The van der Waals surface area contributed by atoms with Crippen LogP contribution in [0.2, 0.25) is 0 Å². The van der Waals surface area contributed by atoms with E-state index in [4.69, 9.17) is 4.52 Å². The molecule has 1 saturated heterocycles. The molecule has 1 fully saturated rings. The minimum absolute atomic E-state index is 0.453. The predicted octanol–water partition coefficient (Wildman–Crippen LogP) is 3.77. The molecule has 3 heterocycles. The molecule has 0 amide bonds. The SMILES string of the molecule is CCC1CN(C(=NC)NCCc2noc(-c3ccccn3)n2)CCC1c1ccccc1. The van der Waals surface area contributed by atoms with Gasteiger partial charge in [-0.1, -0.05) is 54.9 Å². The van der Waals surface area contributed by atoms with Crippen LogP contribution in [0.15, 0.2) is 64.2 Å². The Hall–Kier alpha value is -3.22. The van der Waals surface area contributed by atoms with Crippen molar-refractivity contribution in [1.82, 2.24) is 25.3 Å². The number of benzene rings is 1. The molecule has 0 bridgehead atoms. The number of aliphatic imine (C=N–C) groups is 1. The van der Waals surface area contributed by atoms with Crippen molar-refractivity contribution in [2.45, 2.75) is 32.1 Å². The lowest BCUT2D eigenvalue weighted by molar-refractivity contribution is 0.216. The van der Waals surface area contributed by atoms with Gasteiger partial charge in [0, 0.05) is 39.3 Å². The molecule has 0 saturated carbocycles. The summed E-state index contributed by atoms with van der Waals surface area (Å²) >= 11 is 0. The molecule has 3 aromatic rings. The third-order valence-electron chi connectivity index (χ3n) is 5.98. The van der Waals surface area contributed by atoms with Crippen molar-refractivity contribution in [1.29, 1.82) is 0 Å². The van der Waals surface area contributed by atoms with Crippen molar-refractivity contribution in [2.24, 2.45) is 10.9 Å². The van der Waals surface area contributed by atoms with E-state index in [9.17, 15) is 0 Å². The van der Waals surface area contributed by atoms with Crippen LogP contribution < -0.4 is 5.32 Å². The molecule has 1 aliphatic rings. The van der Waals surface area contributed by atoms with Gasteiger partial charge in [-0.05, 0) is 36.0 Å². The highest BCUT2D eigenvalue weighted by molar-refractivity contribution is 5.80. The molecule has 162 valence electrons. The van der Waals surface area contributed by atoms with E-state index >= 15 is 0 Å². The van der Waals surface area contributed by atoms with E-state index in [1.54, 1.807) is 6.20 Å². The predicted molar refractivity (Wildman–Crippen MR) is 122 cm³/mol. The largest absolute Gasteiger partial charge is 0.356 e. The Morgan fingerprint density at radius 2 is 2.03 bits per heavy atom. The van der Waals surface area contributed by atoms with Crippen LogP contribution in [0.5, 0.6) is 0 Å². The summed E-state index contributed by atoms with van der Waals surface area (Å²) in [6, 6.07) is 16.5. The number of pyridine rings is 1. The Morgan fingerprint density at radius 3 is 2.77 bits per heavy atom. The molecule has 1 aromatic carbocycles. The number of aromatic nitrogens is 3. The first kappa shape index (κ1) is 21.0. The second-order valence-corrected chi connectivity index (χ2v) is 7.87. The number of nitrogens with one attached hydrogen (secondary N) is 1. The van der Waals surface area contributed by atoms with Gasteiger partial charge in [-0.2, -0.15) is 4.98 Å². The number of hydrogen-bond donors (Lipinski definition) is 1. The third kappa shape index (κ3) is 5.10. The maximum Gasteiger partial charge on any atom is 0.276 e. The lowest BCUT2D eigenvalue weighted by atomic mass is 9.79. The maximum absolute atomic E-state index is 5.34. The van der Waals surface area contributed by atoms with Gasteiger partial charge in [0.05, 0.1) is 0 Å². The maximum atomic E-state index is 5.34. The summed E-state index contributed by atoms with van der Waals surface area (Å²) in [4.78, 5) is 15.6. The first-order chi connectivity index (χ1) is 15.3. The van der Waals surface area contributed by atoms with Crippen LogP contribution in [0.25, 0.3) is 11.6 Å². The summed E-state index contributed by atoms with van der Waals surface area (Å²) in [6.07, 6.45) is 4.68. The zero-order valence-corrected chi connectivity index (χ0v) is 18.2. The minimum atomic E-state index is 0.453. The molecule has 0 aliphatic carbocycles. The van der Waals surface area contributed by atoms with Gasteiger partial charge in [0.15, 0.2) is 11.8 Å². The molecule has 2 unspecified atom stereocenters. The van der Waals surface area contributed by atoms with Crippen LogP contribution in [-0.2, 0) is 6.42 Å². The van der Waals surface area contributed by atoms with Gasteiger partial charge in [-0.3, -0.25) is 9.98 Å². The zero-order valence-electron chi connectivity index (χ0n) is 18.2. The van der Waals surface area contributed by atoms with Crippen molar-refractivity contribution in [3.05, 3.63) is 66.1 Å². The second-order valence-electron chi connectivity index (χ2n) is 7.87. The Morgan fingerprint density at radius 1 is 1.19 bits per heavy atom. The summed E-state index contributed by atoms with van der Waals surface area (Å²) in [5.74, 6) is 3.29. The van der Waals surface area contributed by atoms with Gasteiger partial charge in [-0.25, -0.2) is 0 Å². The quantitative estimate of drug-likeness (QED) is 0.485. The fourth-order valence-electron chi connectivity index (χ4n) is 4.34. The molecule has 7 heteroatoms. The number of guanidine groups is 1. The van der Waals surface area contributed by atoms with Crippen LogP contribution in [0.3, 0.4) is 0 Å². The van der Waals surface area contributed by atoms with Gasteiger partial charge < -0.3 is 14.7 Å². The van der Waals surface area contributed by atoms with Gasteiger partial charge in [-0.15, -0.1) is 0 Å². The van der Waals surface area contributed by atoms with E-state index in [1.807, 2.05) is 25.2 Å². The first-order valence-electron chi connectivity index (χ1n) is 11.0. The number of rotatable bonds is 6. The summed E-state index contributed by atoms with van der Waals surface area (Å²) < 4.78 is 5.34.